The first kappa shape index (κ1) is 28.2. The fourth-order valence-electron chi connectivity index (χ4n) is 4.08. The van der Waals surface area contributed by atoms with E-state index in [1.165, 1.54) is 23.3 Å². The Kier molecular flexibility index (Phi) is 9.07. The molecule has 0 aliphatic rings. The third-order valence-electron chi connectivity index (χ3n) is 6.53. The Hall–Kier alpha value is -4.78. The SMILES string of the molecule is CC(C)(c1ccccc1)c1ccc(Oc2ccc(NC(=O)CCC(=O)OCC(=O)c3ccc(F)cc3)cc2)cc1. The molecule has 0 bridgehead atoms. The van der Waals surface area contributed by atoms with Gasteiger partial charge in [0.2, 0.25) is 5.91 Å². The first-order valence-electron chi connectivity index (χ1n) is 12.9. The van der Waals surface area contributed by atoms with Crippen molar-refractivity contribution in [2.75, 3.05) is 11.9 Å². The smallest absolute Gasteiger partial charge is 0.306 e. The van der Waals surface area contributed by atoms with E-state index in [-0.39, 0.29) is 29.7 Å². The Morgan fingerprint density at radius 2 is 1.30 bits per heavy atom. The Balaban J connectivity index is 1.21. The summed E-state index contributed by atoms with van der Waals surface area (Å²) in [6.07, 6.45) is -0.283. The van der Waals surface area contributed by atoms with Crippen molar-refractivity contribution in [3.63, 3.8) is 0 Å². The quantitative estimate of drug-likeness (QED) is 0.163. The number of nitrogens with one attached hydrogen (secondary N) is 1. The fourth-order valence-corrected chi connectivity index (χ4v) is 4.08. The van der Waals surface area contributed by atoms with Crippen molar-refractivity contribution in [3.8, 4) is 11.5 Å². The Morgan fingerprint density at radius 1 is 0.725 bits per heavy atom. The molecule has 0 saturated carbocycles. The zero-order valence-corrected chi connectivity index (χ0v) is 22.4. The zero-order valence-electron chi connectivity index (χ0n) is 22.4. The lowest BCUT2D eigenvalue weighted by atomic mass is 9.78. The second-order valence-electron chi connectivity index (χ2n) is 9.78. The van der Waals surface area contributed by atoms with E-state index in [1.54, 1.807) is 24.3 Å². The van der Waals surface area contributed by atoms with Crippen molar-refractivity contribution in [1.82, 2.24) is 0 Å². The monoisotopic (exact) mass is 539 g/mol. The van der Waals surface area contributed by atoms with E-state index in [2.05, 4.69) is 43.4 Å². The van der Waals surface area contributed by atoms with Gasteiger partial charge in [-0.25, -0.2) is 4.39 Å². The lowest BCUT2D eigenvalue weighted by Gasteiger charge is -2.26. The minimum absolute atomic E-state index is 0.104. The summed E-state index contributed by atoms with van der Waals surface area (Å²) in [5, 5.41) is 2.72. The number of carbonyl (C=O) groups is 3. The minimum atomic E-state index is -0.674. The molecule has 0 saturated heterocycles. The van der Waals surface area contributed by atoms with E-state index in [0.29, 0.717) is 17.2 Å². The molecule has 1 amide bonds. The van der Waals surface area contributed by atoms with Crippen LogP contribution in [0, 0.1) is 5.82 Å². The maximum Gasteiger partial charge on any atom is 0.306 e. The van der Waals surface area contributed by atoms with Crippen molar-refractivity contribution in [1.29, 1.82) is 0 Å². The number of hydrogen-bond acceptors (Lipinski definition) is 5. The molecule has 0 aliphatic heterocycles. The van der Waals surface area contributed by atoms with Crippen molar-refractivity contribution in [3.05, 3.63) is 126 Å². The standard InChI is InChI=1S/C33H30FNO5/c1-33(2,24-6-4-3-5-7-24)25-10-16-28(17-11-25)40-29-18-14-27(15-19-29)35-31(37)20-21-32(38)39-22-30(36)23-8-12-26(34)13-9-23/h3-19H,20-22H2,1-2H3,(H,35,37). The van der Waals surface area contributed by atoms with Gasteiger partial charge in [-0.2, -0.15) is 0 Å². The van der Waals surface area contributed by atoms with Gasteiger partial charge in [-0.1, -0.05) is 56.3 Å². The molecule has 0 aliphatic carbocycles. The summed E-state index contributed by atoms with van der Waals surface area (Å²) in [6, 6.07) is 30.2. The number of anilines is 1. The topological polar surface area (TPSA) is 81.7 Å². The van der Waals surface area contributed by atoms with Crippen LogP contribution >= 0.6 is 0 Å². The number of ether oxygens (including phenoxy) is 2. The maximum absolute atomic E-state index is 13.0. The first-order valence-corrected chi connectivity index (χ1v) is 12.9. The summed E-state index contributed by atoms with van der Waals surface area (Å²) in [5.74, 6) is -0.648. The van der Waals surface area contributed by atoms with E-state index >= 15 is 0 Å². The number of Topliss-reactive ketones (excluding diaryl/α,β-unsaturated/α-hetero) is 1. The van der Waals surface area contributed by atoms with Crippen molar-refractivity contribution in [2.24, 2.45) is 0 Å². The van der Waals surface area contributed by atoms with Gasteiger partial charge in [0.25, 0.3) is 0 Å². The Bertz CT molecular complexity index is 1450. The van der Waals surface area contributed by atoms with Crippen LogP contribution in [0.25, 0.3) is 0 Å². The van der Waals surface area contributed by atoms with Crippen molar-refractivity contribution in [2.45, 2.75) is 32.1 Å². The third-order valence-corrected chi connectivity index (χ3v) is 6.53. The van der Waals surface area contributed by atoms with Crippen molar-refractivity contribution >= 4 is 23.3 Å². The molecule has 0 aromatic heterocycles. The molecule has 6 nitrogen and oxygen atoms in total. The minimum Gasteiger partial charge on any atom is -0.457 e. The molecule has 0 atom stereocenters. The highest BCUT2D eigenvalue weighted by molar-refractivity contribution is 5.98. The molecule has 0 spiro atoms. The number of benzene rings is 4. The number of amides is 1. The average Bonchev–Trinajstić information content (AvgIpc) is 2.97. The Labute approximate surface area is 232 Å². The lowest BCUT2D eigenvalue weighted by Crippen LogP contribution is -2.18. The van der Waals surface area contributed by atoms with Crippen LogP contribution in [0.15, 0.2) is 103 Å². The van der Waals surface area contributed by atoms with E-state index in [1.807, 2.05) is 30.3 Å². The third kappa shape index (κ3) is 7.63. The van der Waals surface area contributed by atoms with Crippen LogP contribution < -0.4 is 10.1 Å². The summed E-state index contributed by atoms with van der Waals surface area (Å²) < 4.78 is 23.8. The molecule has 40 heavy (non-hydrogen) atoms. The second kappa shape index (κ2) is 12.8. The van der Waals surface area contributed by atoms with Gasteiger partial charge in [0.05, 0.1) is 6.42 Å². The summed E-state index contributed by atoms with van der Waals surface area (Å²) in [6.45, 7) is 3.90. The molecule has 204 valence electrons. The second-order valence-corrected chi connectivity index (χ2v) is 9.78. The summed E-state index contributed by atoms with van der Waals surface area (Å²) in [4.78, 5) is 36.2. The predicted molar refractivity (Wildman–Crippen MR) is 151 cm³/mol. The van der Waals surface area contributed by atoms with Crippen LogP contribution in [0.1, 0.15) is 48.2 Å². The molecular formula is C33H30FNO5. The zero-order chi connectivity index (χ0) is 28.5. The lowest BCUT2D eigenvalue weighted by molar-refractivity contribution is -0.143. The largest absolute Gasteiger partial charge is 0.457 e. The molecule has 4 aromatic rings. The highest BCUT2D eigenvalue weighted by Crippen LogP contribution is 2.33. The molecular weight excluding hydrogens is 509 g/mol. The molecule has 4 aromatic carbocycles. The maximum atomic E-state index is 13.0. The van der Waals surface area contributed by atoms with Gasteiger partial charge in [0.15, 0.2) is 12.4 Å². The molecule has 0 fully saturated rings. The molecule has 4 rings (SSSR count). The highest BCUT2D eigenvalue weighted by Gasteiger charge is 2.22. The number of hydrogen-bond donors (Lipinski definition) is 1. The van der Waals surface area contributed by atoms with Gasteiger partial charge < -0.3 is 14.8 Å². The number of carbonyl (C=O) groups excluding carboxylic acids is 3. The number of rotatable bonds is 11. The van der Waals surface area contributed by atoms with Gasteiger partial charge in [0, 0.05) is 23.1 Å². The normalized spacial score (nSPS) is 11.0. The van der Waals surface area contributed by atoms with Crippen LogP contribution in [-0.4, -0.2) is 24.3 Å². The molecule has 1 N–H and O–H groups in total. The van der Waals surface area contributed by atoms with E-state index < -0.39 is 24.2 Å². The van der Waals surface area contributed by atoms with E-state index in [0.717, 1.165) is 12.1 Å². The van der Waals surface area contributed by atoms with Crippen LogP contribution in [0.5, 0.6) is 11.5 Å². The summed E-state index contributed by atoms with van der Waals surface area (Å²) in [7, 11) is 0. The first-order chi connectivity index (χ1) is 19.2. The summed E-state index contributed by atoms with van der Waals surface area (Å²) >= 11 is 0. The highest BCUT2D eigenvalue weighted by atomic mass is 19.1. The Morgan fingerprint density at radius 3 is 1.93 bits per heavy atom. The summed E-state index contributed by atoms with van der Waals surface area (Å²) in [5.41, 5.74) is 3.06. The number of halogens is 1. The van der Waals surface area contributed by atoms with Crippen LogP contribution in [0.3, 0.4) is 0 Å². The van der Waals surface area contributed by atoms with E-state index in [9.17, 15) is 18.8 Å². The van der Waals surface area contributed by atoms with Crippen molar-refractivity contribution < 1.29 is 28.2 Å². The predicted octanol–water partition coefficient (Wildman–Crippen LogP) is 7.09. The van der Waals surface area contributed by atoms with Gasteiger partial charge in [-0.05, 0) is 71.8 Å². The molecule has 7 heteroatoms. The number of esters is 1. The van der Waals surface area contributed by atoms with Gasteiger partial charge in [-0.3, -0.25) is 14.4 Å². The number of ketones is 1. The van der Waals surface area contributed by atoms with E-state index in [4.69, 9.17) is 9.47 Å². The fraction of sp³-hybridized carbons (Fsp3) is 0.182. The average molecular weight is 540 g/mol. The molecule has 0 heterocycles. The van der Waals surface area contributed by atoms with Crippen LogP contribution in [0.2, 0.25) is 0 Å². The molecule has 0 radical (unpaired) electrons. The van der Waals surface area contributed by atoms with Crippen LogP contribution in [0.4, 0.5) is 10.1 Å². The van der Waals surface area contributed by atoms with Gasteiger partial charge in [-0.15, -0.1) is 0 Å². The van der Waals surface area contributed by atoms with Gasteiger partial charge >= 0.3 is 5.97 Å². The molecule has 0 unspecified atom stereocenters. The van der Waals surface area contributed by atoms with Crippen LogP contribution in [-0.2, 0) is 19.7 Å². The van der Waals surface area contributed by atoms with Gasteiger partial charge in [0.1, 0.15) is 17.3 Å².